The van der Waals surface area contributed by atoms with E-state index in [1.807, 2.05) is 66.9 Å². The molecule has 2 aromatic heterocycles. The van der Waals surface area contributed by atoms with Crippen molar-refractivity contribution in [3.8, 4) is 0 Å². The van der Waals surface area contributed by atoms with E-state index in [0.717, 1.165) is 16.7 Å². The van der Waals surface area contributed by atoms with E-state index >= 15 is 0 Å². The van der Waals surface area contributed by atoms with Gasteiger partial charge in [0.25, 0.3) is 0 Å². The molecule has 38 heavy (non-hydrogen) atoms. The first-order valence-corrected chi connectivity index (χ1v) is 13.1. The minimum absolute atomic E-state index is 0.0475. The van der Waals surface area contributed by atoms with Gasteiger partial charge in [-0.25, -0.2) is 9.97 Å². The SMILES string of the molecule is C[C@]1(O)C(n2cc(CCCO)c3c(Cl)ncnc32)O[C@H](COCc2ccccc2)[C@H]1OCc1ccccc1. The van der Waals surface area contributed by atoms with Gasteiger partial charge in [0.15, 0.2) is 6.23 Å². The molecule has 5 rings (SSSR count). The van der Waals surface area contributed by atoms with Crippen molar-refractivity contribution in [2.24, 2.45) is 0 Å². The molecule has 1 unspecified atom stereocenters. The maximum absolute atomic E-state index is 11.9. The van der Waals surface area contributed by atoms with E-state index in [0.29, 0.717) is 42.2 Å². The third-order valence-electron chi connectivity index (χ3n) is 6.88. The van der Waals surface area contributed by atoms with Gasteiger partial charge in [0.2, 0.25) is 0 Å². The fourth-order valence-electron chi connectivity index (χ4n) is 5.03. The standard InChI is InChI=1S/C29H32ClN3O5/c1-29(35)25(37-17-21-11-6-3-7-12-21)23(18-36-16-20-9-4-2-5-10-20)38-28(29)33-15-22(13-8-14-34)24-26(30)31-19-32-27(24)33/h2-7,9-12,15,19,23,25,28,34-35H,8,13-14,16-18H2,1H3/t23-,25-,28?,29-/m1/s1. The Hall–Kier alpha value is -2.85. The highest BCUT2D eigenvalue weighted by molar-refractivity contribution is 6.34. The summed E-state index contributed by atoms with van der Waals surface area (Å²) in [6, 6.07) is 19.7. The number of hydrogen-bond acceptors (Lipinski definition) is 7. The Morgan fingerprint density at radius 1 is 1.03 bits per heavy atom. The third-order valence-corrected chi connectivity index (χ3v) is 7.17. The molecule has 1 aliphatic rings. The lowest BCUT2D eigenvalue weighted by Crippen LogP contribution is -2.46. The number of halogens is 1. The average molecular weight is 538 g/mol. The summed E-state index contributed by atoms with van der Waals surface area (Å²) in [5.74, 6) is 0. The van der Waals surface area contributed by atoms with Crippen molar-refractivity contribution in [2.75, 3.05) is 13.2 Å². The van der Waals surface area contributed by atoms with Gasteiger partial charge in [0.1, 0.15) is 34.9 Å². The molecule has 4 aromatic rings. The van der Waals surface area contributed by atoms with Gasteiger partial charge in [-0.1, -0.05) is 72.3 Å². The molecular weight excluding hydrogens is 506 g/mol. The van der Waals surface area contributed by atoms with Crippen LogP contribution in [0, 0.1) is 0 Å². The number of aryl methyl sites for hydroxylation is 1. The monoisotopic (exact) mass is 537 g/mol. The van der Waals surface area contributed by atoms with Crippen molar-refractivity contribution in [3.63, 3.8) is 0 Å². The molecule has 0 aliphatic carbocycles. The van der Waals surface area contributed by atoms with Gasteiger partial charge in [0.05, 0.1) is 25.2 Å². The lowest BCUT2D eigenvalue weighted by atomic mass is 9.96. The molecule has 1 saturated heterocycles. The molecule has 1 aliphatic heterocycles. The van der Waals surface area contributed by atoms with Crippen LogP contribution in [0.4, 0.5) is 0 Å². The van der Waals surface area contributed by atoms with Gasteiger partial charge in [-0.3, -0.25) is 0 Å². The molecule has 0 saturated carbocycles. The predicted molar refractivity (Wildman–Crippen MR) is 144 cm³/mol. The zero-order chi connectivity index (χ0) is 26.5. The van der Waals surface area contributed by atoms with Crippen LogP contribution >= 0.6 is 11.6 Å². The molecule has 0 spiro atoms. The van der Waals surface area contributed by atoms with E-state index in [1.165, 1.54) is 6.33 Å². The lowest BCUT2D eigenvalue weighted by Gasteiger charge is -2.30. The van der Waals surface area contributed by atoms with Crippen molar-refractivity contribution in [1.82, 2.24) is 14.5 Å². The number of ether oxygens (including phenoxy) is 3. The molecule has 0 bridgehead atoms. The normalized spacial score (nSPS) is 23.3. The number of aliphatic hydroxyl groups is 2. The molecular formula is C29H32ClN3O5. The van der Waals surface area contributed by atoms with Crippen LogP contribution in [0.25, 0.3) is 11.0 Å². The Morgan fingerprint density at radius 2 is 1.71 bits per heavy atom. The highest BCUT2D eigenvalue weighted by Crippen LogP contribution is 2.43. The van der Waals surface area contributed by atoms with Crippen LogP contribution in [0.2, 0.25) is 5.15 Å². The van der Waals surface area contributed by atoms with E-state index in [4.69, 9.17) is 25.8 Å². The van der Waals surface area contributed by atoms with Gasteiger partial charge >= 0.3 is 0 Å². The molecule has 1 fully saturated rings. The summed E-state index contributed by atoms with van der Waals surface area (Å²) in [6.07, 6.45) is 2.37. The summed E-state index contributed by atoms with van der Waals surface area (Å²) >= 11 is 6.46. The van der Waals surface area contributed by atoms with E-state index in [2.05, 4.69) is 9.97 Å². The maximum atomic E-state index is 11.9. The summed E-state index contributed by atoms with van der Waals surface area (Å²) in [5, 5.41) is 22.3. The largest absolute Gasteiger partial charge is 0.396 e. The Labute approximate surface area is 226 Å². The minimum Gasteiger partial charge on any atom is -0.396 e. The van der Waals surface area contributed by atoms with E-state index in [9.17, 15) is 10.2 Å². The first-order chi connectivity index (χ1) is 18.5. The zero-order valence-corrected chi connectivity index (χ0v) is 22.0. The molecule has 0 radical (unpaired) electrons. The number of hydrogen-bond donors (Lipinski definition) is 2. The van der Waals surface area contributed by atoms with Crippen LogP contribution in [0.15, 0.2) is 73.2 Å². The van der Waals surface area contributed by atoms with Gasteiger partial charge in [-0.05, 0) is 36.5 Å². The average Bonchev–Trinajstić information content (AvgIpc) is 3.41. The van der Waals surface area contributed by atoms with Crippen LogP contribution in [-0.2, 0) is 33.8 Å². The van der Waals surface area contributed by atoms with Gasteiger partial charge < -0.3 is 29.0 Å². The Morgan fingerprint density at radius 3 is 2.39 bits per heavy atom. The first kappa shape index (κ1) is 26.7. The number of nitrogens with zero attached hydrogens (tertiary/aromatic N) is 3. The smallest absolute Gasteiger partial charge is 0.167 e. The van der Waals surface area contributed by atoms with Crippen LogP contribution in [-0.4, -0.2) is 55.8 Å². The van der Waals surface area contributed by atoms with Crippen molar-refractivity contribution in [2.45, 2.75) is 57.0 Å². The number of rotatable bonds is 11. The molecule has 8 nitrogen and oxygen atoms in total. The van der Waals surface area contributed by atoms with Crippen LogP contribution in [0.1, 0.15) is 36.3 Å². The number of benzene rings is 2. The zero-order valence-electron chi connectivity index (χ0n) is 21.2. The highest BCUT2D eigenvalue weighted by Gasteiger charge is 2.55. The van der Waals surface area contributed by atoms with E-state index in [1.54, 1.807) is 11.5 Å². The number of fused-ring (bicyclic) bond motifs is 1. The molecule has 3 heterocycles. The highest BCUT2D eigenvalue weighted by atomic mass is 35.5. The summed E-state index contributed by atoms with van der Waals surface area (Å²) in [7, 11) is 0. The van der Waals surface area contributed by atoms with Crippen molar-refractivity contribution in [3.05, 3.63) is 95.0 Å². The fourth-order valence-corrected chi connectivity index (χ4v) is 5.28. The lowest BCUT2D eigenvalue weighted by molar-refractivity contribution is -0.114. The quantitative estimate of drug-likeness (QED) is 0.272. The second-order valence-corrected chi connectivity index (χ2v) is 10.1. The third kappa shape index (κ3) is 5.61. The summed E-state index contributed by atoms with van der Waals surface area (Å²) in [6.45, 7) is 2.72. The van der Waals surface area contributed by atoms with Gasteiger partial charge in [-0.2, -0.15) is 0 Å². The van der Waals surface area contributed by atoms with E-state index in [-0.39, 0.29) is 13.2 Å². The Kier molecular flexibility index (Phi) is 8.38. The fraction of sp³-hybridized carbons (Fsp3) is 0.379. The van der Waals surface area contributed by atoms with Crippen LogP contribution in [0.3, 0.4) is 0 Å². The van der Waals surface area contributed by atoms with Gasteiger partial charge in [-0.15, -0.1) is 0 Å². The van der Waals surface area contributed by atoms with Crippen molar-refractivity contribution < 1.29 is 24.4 Å². The summed E-state index contributed by atoms with van der Waals surface area (Å²) in [4.78, 5) is 8.61. The van der Waals surface area contributed by atoms with Crippen LogP contribution < -0.4 is 0 Å². The first-order valence-electron chi connectivity index (χ1n) is 12.7. The second-order valence-electron chi connectivity index (χ2n) is 9.72. The predicted octanol–water partition coefficient (Wildman–Crippen LogP) is 4.46. The van der Waals surface area contributed by atoms with Crippen LogP contribution in [0.5, 0.6) is 0 Å². The minimum atomic E-state index is -1.42. The maximum Gasteiger partial charge on any atom is 0.167 e. The number of aromatic nitrogens is 3. The van der Waals surface area contributed by atoms with Gasteiger partial charge in [0, 0.05) is 12.8 Å². The molecule has 9 heteroatoms. The topological polar surface area (TPSA) is 98.9 Å². The second kappa shape index (κ2) is 11.9. The van der Waals surface area contributed by atoms with E-state index < -0.39 is 24.0 Å². The Balaban J connectivity index is 1.44. The van der Waals surface area contributed by atoms with Crippen molar-refractivity contribution in [1.29, 1.82) is 0 Å². The molecule has 4 atom stereocenters. The molecule has 0 amide bonds. The number of aliphatic hydroxyl groups excluding tert-OH is 1. The molecule has 2 N–H and O–H groups in total. The summed E-state index contributed by atoms with van der Waals surface area (Å²) < 4.78 is 20.6. The molecule has 2 aromatic carbocycles. The summed E-state index contributed by atoms with van der Waals surface area (Å²) in [5.41, 5.74) is 2.05. The molecule has 200 valence electrons. The van der Waals surface area contributed by atoms with Crippen molar-refractivity contribution >= 4 is 22.6 Å². The Bertz CT molecular complexity index is 1330.